The highest BCUT2D eigenvalue weighted by Crippen LogP contribution is 2.13. The summed E-state index contributed by atoms with van der Waals surface area (Å²) in [5.74, 6) is 0. The smallest absolute Gasteiger partial charge is 0.111 e. The molecular formula is C10H13N3OS. The van der Waals surface area contributed by atoms with E-state index < -0.39 is 6.10 Å². The van der Waals surface area contributed by atoms with Gasteiger partial charge in [0.25, 0.3) is 0 Å². The molecule has 0 spiro atoms. The Kier molecular flexibility index (Phi) is 3.13. The van der Waals surface area contributed by atoms with E-state index in [0.717, 1.165) is 0 Å². The Bertz CT molecular complexity index is 410. The highest BCUT2D eigenvalue weighted by molar-refractivity contribution is 7.07. The van der Waals surface area contributed by atoms with Gasteiger partial charge in [0.15, 0.2) is 0 Å². The number of thiophene rings is 1. The molecule has 0 saturated heterocycles. The Hall–Kier alpha value is -1.20. The quantitative estimate of drug-likeness (QED) is 0.860. The van der Waals surface area contributed by atoms with Crippen LogP contribution < -0.4 is 0 Å². The molecule has 0 aliphatic heterocycles. The van der Waals surface area contributed by atoms with Crippen LogP contribution in [0.15, 0.2) is 23.0 Å². The van der Waals surface area contributed by atoms with Crippen molar-refractivity contribution in [3.8, 4) is 0 Å². The first-order chi connectivity index (χ1) is 7.29. The SMILES string of the molecule is CCC(O)c1cn(Cc2ccsc2)nn1. The van der Waals surface area contributed by atoms with E-state index in [-0.39, 0.29) is 0 Å². The molecule has 0 saturated carbocycles. The molecular weight excluding hydrogens is 210 g/mol. The van der Waals surface area contributed by atoms with Crippen molar-refractivity contribution in [3.05, 3.63) is 34.3 Å². The third-order valence-corrected chi connectivity index (χ3v) is 2.94. The van der Waals surface area contributed by atoms with Crippen molar-refractivity contribution in [2.45, 2.75) is 26.0 Å². The molecule has 80 valence electrons. The van der Waals surface area contributed by atoms with Crippen molar-refractivity contribution in [1.29, 1.82) is 0 Å². The lowest BCUT2D eigenvalue weighted by atomic mass is 10.2. The predicted octanol–water partition coefficient (Wildman–Crippen LogP) is 1.83. The fourth-order valence-electron chi connectivity index (χ4n) is 1.32. The van der Waals surface area contributed by atoms with Gasteiger partial charge < -0.3 is 5.11 Å². The highest BCUT2D eigenvalue weighted by Gasteiger charge is 2.09. The Morgan fingerprint density at radius 3 is 3.13 bits per heavy atom. The van der Waals surface area contributed by atoms with Crippen LogP contribution in [0.1, 0.15) is 30.7 Å². The van der Waals surface area contributed by atoms with E-state index >= 15 is 0 Å². The lowest BCUT2D eigenvalue weighted by Crippen LogP contribution is -1.99. The van der Waals surface area contributed by atoms with Crippen LogP contribution >= 0.6 is 11.3 Å². The first-order valence-electron chi connectivity index (χ1n) is 4.88. The van der Waals surface area contributed by atoms with Gasteiger partial charge in [-0.05, 0) is 28.8 Å². The topological polar surface area (TPSA) is 50.9 Å². The maximum atomic E-state index is 9.55. The lowest BCUT2D eigenvalue weighted by Gasteiger charge is -2.00. The van der Waals surface area contributed by atoms with Gasteiger partial charge in [0.05, 0.1) is 18.8 Å². The largest absolute Gasteiger partial charge is 0.387 e. The Morgan fingerprint density at radius 2 is 2.47 bits per heavy atom. The molecule has 0 radical (unpaired) electrons. The Labute approximate surface area is 92.2 Å². The van der Waals surface area contributed by atoms with Crippen molar-refractivity contribution < 1.29 is 5.11 Å². The minimum atomic E-state index is -0.499. The minimum absolute atomic E-state index is 0.499. The van der Waals surface area contributed by atoms with E-state index in [9.17, 15) is 5.11 Å². The Morgan fingerprint density at radius 1 is 1.60 bits per heavy atom. The second kappa shape index (κ2) is 4.55. The molecule has 0 aliphatic rings. The molecule has 1 unspecified atom stereocenters. The minimum Gasteiger partial charge on any atom is -0.387 e. The van der Waals surface area contributed by atoms with E-state index in [1.807, 2.05) is 12.3 Å². The first-order valence-corrected chi connectivity index (χ1v) is 5.83. The maximum Gasteiger partial charge on any atom is 0.111 e. The summed E-state index contributed by atoms with van der Waals surface area (Å²) in [5.41, 5.74) is 1.86. The fourth-order valence-corrected chi connectivity index (χ4v) is 1.98. The maximum absolute atomic E-state index is 9.55. The number of aliphatic hydroxyl groups is 1. The van der Waals surface area contributed by atoms with Crippen molar-refractivity contribution >= 4 is 11.3 Å². The number of aromatic nitrogens is 3. The van der Waals surface area contributed by atoms with Crippen LogP contribution in [0, 0.1) is 0 Å². The van der Waals surface area contributed by atoms with Crippen LogP contribution in [-0.2, 0) is 6.54 Å². The number of rotatable bonds is 4. The Balaban J connectivity index is 2.07. The zero-order valence-corrected chi connectivity index (χ0v) is 9.31. The molecule has 0 amide bonds. The van der Waals surface area contributed by atoms with E-state index in [0.29, 0.717) is 18.7 Å². The second-order valence-corrected chi connectivity index (χ2v) is 4.18. The summed E-state index contributed by atoms with van der Waals surface area (Å²) in [6.07, 6.45) is 1.96. The molecule has 1 N–H and O–H groups in total. The zero-order valence-electron chi connectivity index (χ0n) is 8.50. The molecule has 0 bridgehead atoms. The van der Waals surface area contributed by atoms with Crippen LogP contribution in [-0.4, -0.2) is 20.1 Å². The molecule has 5 heteroatoms. The van der Waals surface area contributed by atoms with E-state index in [2.05, 4.69) is 21.8 Å². The highest BCUT2D eigenvalue weighted by atomic mass is 32.1. The van der Waals surface area contributed by atoms with Gasteiger partial charge in [-0.25, -0.2) is 4.68 Å². The van der Waals surface area contributed by atoms with Crippen molar-refractivity contribution in [1.82, 2.24) is 15.0 Å². The average molecular weight is 223 g/mol. The van der Waals surface area contributed by atoms with Crippen LogP contribution in [0.5, 0.6) is 0 Å². The monoisotopic (exact) mass is 223 g/mol. The van der Waals surface area contributed by atoms with E-state index in [1.165, 1.54) is 5.56 Å². The molecule has 15 heavy (non-hydrogen) atoms. The molecule has 0 aliphatic carbocycles. The standard InChI is InChI=1S/C10H13N3OS/c1-2-10(14)9-6-13(12-11-9)5-8-3-4-15-7-8/h3-4,6-7,10,14H,2,5H2,1H3. The average Bonchev–Trinajstić information content (AvgIpc) is 2.88. The second-order valence-electron chi connectivity index (χ2n) is 3.40. The van der Waals surface area contributed by atoms with E-state index in [1.54, 1.807) is 22.2 Å². The molecule has 2 heterocycles. The molecule has 0 fully saturated rings. The van der Waals surface area contributed by atoms with Crippen molar-refractivity contribution in [2.75, 3.05) is 0 Å². The third kappa shape index (κ3) is 2.43. The van der Waals surface area contributed by atoms with Gasteiger partial charge in [0, 0.05) is 0 Å². The van der Waals surface area contributed by atoms with Gasteiger partial charge in [-0.3, -0.25) is 0 Å². The number of hydrogen-bond donors (Lipinski definition) is 1. The molecule has 2 aromatic heterocycles. The predicted molar refractivity (Wildman–Crippen MR) is 58.7 cm³/mol. The molecule has 2 aromatic rings. The fraction of sp³-hybridized carbons (Fsp3) is 0.400. The van der Waals surface area contributed by atoms with Gasteiger partial charge in [0.2, 0.25) is 0 Å². The normalized spacial score (nSPS) is 12.9. The molecule has 4 nitrogen and oxygen atoms in total. The third-order valence-electron chi connectivity index (χ3n) is 2.21. The zero-order chi connectivity index (χ0) is 10.7. The van der Waals surface area contributed by atoms with Gasteiger partial charge in [0.1, 0.15) is 5.69 Å². The van der Waals surface area contributed by atoms with Crippen molar-refractivity contribution in [3.63, 3.8) is 0 Å². The van der Waals surface area contributed by atoms with Crippen LogP contribution in [0.25, 0.3) is 0 Å². The summed E-state index contributed by atoms with van der Waals surface area (Å²) < 4.78 is 1.75. The van der Waals surface area contributed by atoms with Crippen LogP contribution in [0.3, 0.4) is 0 Å². The van der Waals surface area contributed by atoms with Gasteiger partial charge in [-0.15, -0.1) is 5.10 Å². The number of nitrogens with zero attached hydrogens (tertiary/aromatic N) is 3. The van der Waals surface area contributed by atoms with Crippen LogP contribution in [0.2, 0.25) is 0 Å². The van der Waals surface area contributed by atoms with Gasteiger partial charge in [-0.1, -0.05) is 12.1 Å². The number of aliphatic hydroxyl groups excluding tert-OH is 1. The van der Waals surface area contributed by atoms with Gasteiger partial charge in [-0.2, -0.15) is 11.3 Å². The van der Waals surface area contributed by atoms with Crippen LogP contribution in [0.4, 0.5) is 0 Å². The number of hydrogen-bond acceptors (Lipinski definition) is 4. The summed E-state index contributed by atoms with van der Waals surface area (Å²) in [7, 11) is 0. The molecule has 2 rings (SSSR count). The molecule has 1 atom stereocenters. The van der Waals surface area contributed by atoms with E-state index in [4.69, 9.17) is 0 Å². The summed E-state index contributed by atoms with van der Waals surface area (Å²) >= 11 is 1.67. The summed E-state index contributed by atoms with van der Waals surface area (Å²) in [5, 5.41) is 21.6. The first kappa shape index (κ1) is 10.3. The summed E-state index contributed by atoms with van der Waals surface area (Å²) in [6, 6.07) is 2.06. The molecule has 0 aromatic carbocycles. The van der Waals surface area contributed by atoms with Gasteiger partial charge >= 0.3 is 0 Å². The van der Waals surface area contributed by atoms with Crippen molar-refractivity contribution in [2.24, 2.45) is 0 Å². The summed E-state index contributed by atoms with van der Waals surface area (Å²) in [6.45, 7) is 2.63. The lowest BCUT2D eigenvalue weighted by molar-refractivity contribution is 0.168. The summed E-state index contributed by atoms with van der Waals surface area (Å²) in [4.78, 5) is 0.